The number of thiophene rings is 1. The van der Waals surface area contributed by atoms with Gasteiger partial charge in [0.2, 0.25) is 0 Å². The molecule has 0 unspecified atom stereocenters. The van der Waals surface area contributed by atoms with Crippen LogP contribution in [0.25, 0.3) is 0 Å². The Hall–Kier alpha value is -1.38. The van der Waals surface area contributed by atoms with E-state index in [0.29, 0.717) is 11.4 Å². The van der Waals surface area contributed by atoms with Gasteiger partial charge in [-0.25, -0.2) is 8.42 Å². The molecule has 0 amide bonds. The number of nitrogens with zero attached hydrogens (tertiary/aromatic N) is 1. The summed E-state index contributed by atoms with van der Waals surface area (Å²) < 4.78 is 24.0. The van der Waals surface area contributed by atoms with E-state index in [0.717, 1.165) is 28.3 Å². The number of hydrogen-bond acceptors (Lipinski definition) is 4. The molecule has 0 aliphatic rings. The molecule has 0 fully saturated rings. The molecule has 0 saturated carbocycles. The summed E-state index contributed by atoms with van der Waals surface area (Å²) in [5.74, 6) is 0.743. The Labute approximate surface area is 155 Å². The van der Waals surface area contributed by atoms with Crippen LogP contribution >= 0.6 is 27.3 Å². The molecular weight excluding hydrogens is 410 g/mol. The van der Waals surface area contributed by atoms with Crippen molar-refractivity contribution in [3.8, 4) is 0 Å². The summed E-state index contributed by atoms with van der Waals surface area (Å²) in [7, 11) is -1.40. The lowest BCUT2D eigenvalue weighted by molar-refractivity contribution is 0.602. The number of halogens is 1. The maximum atomic E-state index is 11.4. The van der Waals surface area contributed by atoms with Crippen molar-refractivity contribution in [1.82, 2.24) is 10.6 Å². The first-order valence-electron chi connectivity index (χ1n) is 7.36. The van der Waals surface area contributed by atoms with Crippen LogP contribution in [0.3, 0.4) is 0 Å². The van der Waals surface area contributed by atoms with E-state index in [1.54, 1.807) is 30.5 Å². The summed E-state index contributed by atoms with van der Waals surface area (Å²) >= 11 is 5.13. The maximum Gasteiger partial charge on any atom is 0.191 e. The molecule has 0 spiro atoms. The molecule has 0 bridgehead atoms. The van der Waals surface area contributed by atoms with Gasteiger partial charge in [0.1, 0.15) is 0 Å². The third kappa shape index (κ3) is 5.92. The summed E-state index contributed by atoms with van der Waals surface area (Å²) in [6.45, 7) is 1.44. The number of hydrogen-bond donors (Lipinski definition) is 2. The van der Waals surface area contributed by atoms with E-state index in [1.807, 2.05) is 18.2 Å². The summed E-state index contributed by atoms with van der Waals surface area (Å²) in [4.78, 5) is 5.76. The van der Waals surface area contributed by atoms with Gasteiger partial charge in [-0.15, -0.1) is 11.3 Å². The Kier molecular flexibility index (Phi) is 6.82. The Morgan fingerprint density at radius 3 is 2.42 bits per heavy atom. The lowest BCUT2D eigenvalue weighted by Crippen LogP contribution is -2.37. The molecule has 2 N–H and O–H groups in total. The Morgan fingerprint density at radius 2 is 1.88 bits per heavy atom. The molecule has 0 saturated heterocycles. The standard InChI is InChI=1S/C16H20BrN3O2S2/c1-18-16(20-11-13-5-8-15(17)23-13)19-10-9-12-3-6-14(7-4-12)24(2,21)22/h3-8H,9-11H2,1-2H3,(H2,18,19,20). The normalized spacial score (nSPS) is 12.2. The monoisotopic (exact) mass is 429 g/mol. The van der Waals surface area contributed by atoms with Crippen molar-refractivity contribution < 1.29 is 8.42 Å². The minimum atomic E-state index is -3.14. The lowest BCUT2D eigenvalue weighted by Gasteiger charge is -2.11. The van der Waals surface area contributed by atoms with Crippen molar-refractivity contribution in [2.45, 2.75) is 17.9 Å². The molecular formula is C16H20BrN3O2S2. The smallest absolute Gasteiger partial charge is 0.191 e. The average molecular weight is 430 g/mol. The molecule has 0 aliphatic heterocycles. The quantitative estimate of drug-likeness (QED) is 0.546. The van der Waals surface area contributed by atoms with Crippen LogP contribution in [-0.2, 0) is 22.8 Å². The highest BCUT2D eigenvalue weighted by molar-refractivity contribution is 9.11. The minimum absolute atomic E-state index is 0.346. The predicted molar refractivity (Wildman–Crippen MR) is 103 cm³/mol. The van der Waals surface area contributed by atoms with Gasteiger partial charge in [0, 0.05) is 24.7 Å². The summed E-state index contributed by atoms with van der Waals surface area (Å²) in [5.41, 5.74) is 1.08. The van der Waals surface area contributed by atoms with Crippen molar-refractivity contribution in [2.24, 2.45) is 4.99 Å². The van der Waals surface area contributed by atoms with Gasteiger partial charge in [-0.2, -0.15) is 0 Å². The molecule has 0 radical (unpaired) electrons. The topological polar surface area (TPSA) is 70.6 Å². The van der Waals surface area contributed by atoms with E-state index < -0.39 is 9.84 Å². The molecule has 1 aromatic heterocycles. The fraction of sp³-hybridized carbons (Fsp3) is 0.312. The molecule has 2 rings (SSSR count). The van der Waals surface area contributed by atoms with Crippen LogP contribution in [0.5, 0.6) is 0 Å². The zero-order valence-electron chi connectivity index (χ0n) is 13.5. The number of guanidine groups is 1. The molecule has 0 atom stereocenters. The Morgan fingerprint density at radius 1 is 1.17 bits per heavy atom. The van der Waals surface area contributed by atoms with Crippen molar-refractivity contribution in [2.75, 3.05) is 19.8 Å². The Bertz CT molecular complexity index is 799. The largest absolute Gasteiger partial charge is 0.356 e. The van der Waals surface area contributed by atoms with Crippen LogP contribution in [0.1, 0.15) is 10.4 Å². The second kappa shape index (κ2) is 8.64. The van der Waals surface area contributed by atoms with E-state index in [2.05, 4.69) is 37.6 Å². The van der Waals surface area contributed by atoms with Gasteiger partial charge in [-0.1, -0.05) is 12.1 Å². The molecule has 5 nitrogen and oxygen atoms in total. The van der Waals surface area contributed by atoms with Gasteiger partial charge in [0.05, 0.1) is 15.2 Å². The van der Waals surface area contributed by atoms with E-state index in [9.17, 15) is 8.42 Å². The summed E-state index contributed by atoms with van der Waals surface area (Å²) in [6, 6.07) is 11.1. The lowest BCUT2D eigenvalue weighted by atomic mass is 10.1. The number of aliphatic imine (C=N–C) groups is 1. The number of rotatable bonds is 6. The third-order valence-corrected chi connectivity index (χ3v) is 6.09. The fourth-order valence-electron chi connectivity index (χ4n) is 2.07. The second-order valence-corrected chi connectivity index (χ2v) is 9.79. The van der Waals surface area contributed by atoms with E-state index >= 15 is 0 Å². The van der Waals surface area contributed by atoms with Gasteiger partial charge in [0.25, 0.3) is 0 Å². The van der Waals surface area contributed by atoms with Gasteiger partial charge in [0.15, 0.2) is 15.8 Å². The van der Waals surface area contributed by atoms with Crippen molar-refractivity contribution in [1.29, 1.82) is 0 Å². The zero-order valence-corrected chi connectivity index (χ0v) is 16.8. The first-order chi connectivity index (χ1) is 11.4. The highest BCUT2D eigenvalue weighted by Crippen LogP contribution is 2.21. The van der Waals surface area contributed by atoms with Gasteiger partial charge in [-0.05, 0) is 52.2 Å². The molecule has 2 aromatic rings. The molecule has 24 heavy (non-hydrogen) atoms. The maximum absolute atomic E-state index is 11.4. The first kappa shape index (κ1) is 19.0. The zero-order chi connectivity index (χ0) is 17.6. The van der Waals surface area contributed by atoms with Gasteiger partial charge < -0.3 is 10.6 Å². The van der Waals surface area contributed by atoms with Crippen molar-refractivity contribution in [3.05, 3.63) is 50.6 Å². The van der Waals surface area contributed by atoms with Crippen LogP contribution in [0.15, 0.2) is 50.1 Å². The number of sulfone groups is 1. The van der Waals surface area contributed by atoms with Crippen LogP contribution in [0.4, 0.5) is 0 Å². The Balaban J connectivity index is 1.79. The average Bonchev–Trinajstić information content (AvgIpc) is 2.96. The number of nitrogens with one attached hydrogen (secondary N) is 2. The molecule has 1 heterocycles. The van der Waals surface area contributed by atoms with E-state index in [4.69, 9.17) is 0 Å². The van der Waals surface area contributed by atoms with Gasteiger partial charge >= 0.3 is 0 Å². The summed E-state index contributed by atoms with van der Waals surface area (Å²) in [5, 5.41) is 6.52. The highest BCUT2D eigenvalue weighted by atomic mass is 79.9. The third-order valence-electron chi connectivity index (χ3n) is 3.34. The molecule has 1 aromatic carbocycles. The summed E-state index contributed by atoms with van der Waals surface area (Å²) in [6.07, 6.45) is 2.00. The van der Waals surface area contributed by atoms with E-state index in [-0.39, 0.29) is 0 Å². The predicted octanol–water partition coefficient (Wildman–Crippen LogP) is 2.82. The van der Waals surface area contributed by atoms with Gasteiger partial charge in [-0.3, -0.25) is 4.99 Å². The number of benzene rings is 1. The SMILES string of the molecule is CN=C(NCCc1ccc(S(C)(=O)=O)cc1)NCc1ccc(Br)s1. The minimum Gasteiger partial charge on any atom is -0.356 e. The van der Waals surface area contributed by atoms with E-state index in [1.165, 1.54) is 11.1 Å². The first-order valence-corrected chi connectivity index (χ1v) is 10.9. The van der Waals surface area contributed by atoms with Crippen LogP contribution in [0.2, 0.25) is 0 Å². The van der Waals surface area contributed by atoms with Crippen molar-refractivity contribution in [3.63, 3.8) is 0 Å². The van der Waals surface area contributed by atoms with Crippen molar-refractivity contribution >= 4 is 43.1 Å². The second-order valence-electron chi connectivity index (χ2n) is 5.22. The fourth-order valence-corrected chi connectivity index (χ4v) is 4.12. The molecule has 8 heteroatoms. The van der Waals surface area contributed by atoms with Crippen LogP contribution in [0, 0.1) is 0 Å². The van der Waals surface area contributed by atoms with Crippen LogP contribution in [-0.4, -0.2) is 34.2 Å². The van der Waals surface area contributed by atoms with Crippen LogP contribution < -0.4 is 10.6 Å². The highest BCUT2D eigenvalue weighted by Gasteiger charge is 2.06. The molecule has 130 valence electrons. The molecule has 0 aliphatic carbocycles.